The molecule has 0 amide bonds. The number of carbonyl (C=O) groups excluding carboxylic acids is 2. The van der Waals surface area contributed by atoms with E-state index in [0.29, 0.717) is 22.7 Å². The Morgan fingerprint density at radius 3 is 2.79 bits per heavy atom. The van der Waals surface area contributed by atoms with Crippen molar-refractivity contribution in [2.24, 2.45) is 5.92 Å². The third kappa shape index (κ3) is 3.43. The van der Waals surface area contributed by atoms with Gasteiger partial charge in [0.2, 0.25) is 0 Å². The third-order valence-corrected chi connectivity index (χ3v) is 3.57. The fourth-order valence-electron chi connectivity index (χ4n) is 2.25. The van der Waals surface area contributed by atoms with Crippen molar-refractivity contribution in [2.45, 2.75) is 27.2 Å². The summed E-state index contributed by atoms with van der Waals surface area (Å²) in [5, 5.41) is 20.2. The van der Waals surface area contributed by atoms with Crippen molar-refractivity contribution in [1.82, 2.24) is 19.6 Å². The molecule has 24 heavy (non-hydrogen) atoms. The Bertz CT molecular complexity index is 864. The summed E-state index contributed by atoms with van der Waals surface area (Å²) in [6, 6.07) is 1.72. The van der Waals surface area contributed by atoms with Gasteiger partial charge in [-0.2, -0.15) is 15.3 Å². The molecule has 1 N–H and O–H groups in total. The van der Waals surface area contributed by atoms with Crippen LogP contribution in [0.3, 0.4) is 0 Å². The number of hydrogen-bond donors (Lipinski definition) is 1. The molecule has 0 aliphatic rings. The molecule has 2 rings (SSSR count). The van der Waals surface area contributed by atoms with Crippen LogP contribution < -0.4 is 0 Å². The summed E-state index contributed by atoms with van der Waals surface area (Å²) < 4.78 is 6.45. The summed E-state index contributed by atoms with van der Waals surface area (Å²) in [6.07, 6.45) is 1.30. The predicted octanol–water partition coefficient (Wildman–Crippen LogP) is 0.575. The number of esters is 1. The molecular weight excluding hydrogens is 312 g/mol. The maximum Gasteiger partial charge on any atom is 0.310 e. The molecule has 1 atom stereocenters. The number of Topliss-reactive ketones (excluding diaryl/α,β-unsaturated/α-hetero) is 1. The molecule has 2 aromatic heterocycles. The van der Waals surface area contributed by atoms with Gasteiger partial charge in [0.15, 0.2) is 12.4 Å². The largest absolute Gasteiger partial charge is 0.457 e. The number of ketones is 1. The van der Waals surface area contributed by atoms with Crippen LogP contribution in [0.1, 0.15) is 23.9 Å². The van der Waals surface area contributed by atoms with E-state index in [9.17, 15) is 9.59 Å². The Labute approximate surface area is 137 Å². The van der Waals surface area contributed by atoms with Crippen molar-refractivity contribution < 1.29 is 14.3 Å². The first kappa shape index (κ1) is 17.2. The molecule has 0 spiro atoms. The van der Waals surface area contributed by atoms with E-state index in [0.717, 1.165) is 0 Å². The molecule has 0 saturated carbocycles. The van der Waals surface area contributed by atoms with Crippen LogP contribution in [0, 0.1) is 36.5 Å². The van der Waals surface area contributed by atoms with Crippen molar-refractivity contribution in [2.75, 3.05) is 6.61 Å². The number of aromatic nitrogens is 4. The fourth-order valence-corrected chi connectivity index (χ4v) is 2.25. The van der Waals surface area contributed by atoms with E-state index in [1.807, 2.05) is 0 Å². The molecule has 124 valence electrons. The lowest BCUT2D eigenvalue weighted by atomic mass is 10.0. The minimum absolute atomic E-state index is 0.0749. The first-order valence-electron chi connectivity index (χ1n) is 7.14. The number of nitrogens with one attached hydrogen (secondary N) is 1. The molecule has 0 aromatic carbocycles. The number of fused-ring (bicyclic) bond motifs is 1. The van der Waals surface area contributed by atoms with E-state index in [1.54, 1.807) is 19.9 Å². The second-order valence-electron chi connectivity index (χ2n) is 5.28. The molecule has 2 aromatic rings. The van der Waals surface area contributed by atoms with Crippen LogP contribution in [0.25, 0.3) is 5.78 Å². The van der Waals surface area contributed by atoms with Crippen LogP contribution in [-0.4, -0.2) is 43.7 Å². The van der Waals surface area contributed by atoms with Gasteiger partial charge in [-0.25, -0.2) is 9.50 Å². The molecule has 0 radical (unpaired) electrons. The standard InChI is InChI=1S/C15H16N6O3/c1-8(17)12(5-16)13(22)6-24-14(23)4-11-9(2)20-15-18-7-19-21(15)10(11)3/h7,12,17H,4,6H2,1-3H3/t12-/m1/s1. The molecule has 0 fully saturated rings. The Balaban J connectivity index is 2.07. The lowest BCUT2D eigenvalue weighted by Gasteiger charge is -2.11. The lowest BCUT2D eigenvalue weighted by Crippen LogP contribution is -2.26. The molecule has 9 heteroatoms. The second kappa shape index (κ2) is 6.95. The highest BCUT2D eigenvalue weighted by Crippen LogP contribution is 2.14. The van der Waals surface area contributed by atoms with E-state index in [1.165, 1.54) is 17.8 Å². The van der Waals surface area contributed by atoms with E-state index in [4.69, 9.17) is 15.4 Å². The van der Waals surface area contributed by atoms with Gasteiger partial charge in [0.05, 0.1) is 12.5 Å². The Hall–Kier alpha value is -3.15. The van der Waals surface area contributed by atoms with Gasteiger partial charge in [-0.1, -0.05) is 0 Å². The summed E-state index contributed by atoms with van der Waals surface area (Å²) in [6.45, 7) is 4.36. The van der Waals surface area contributed by atoms with Crippen molar-refractivity contribution >= 4 is 23.2 Å². The van der Waals surface area contributed by atoms with Gasteiger partial charge < -0.3 is 10.1 Å². The molecule has 0 aliphatic carbocycles. The third-order valence-electron chi connectivity index (χ3n) is 3.57. The van der Waals surface area contributed by atoms with Crippen LogP contribution in [0.2, 0.25) is 0 Å². The zero-order valence-corrected chi connectivity index (χ0v) is 13.5. The topological polar surface area (TPSA) is 134 Å². The molecule has 0 aliphatic heterocycles. The molecule has 2 heterocycles. The van der Waals surface area contributed by atoms with Crippen molar-refractivity contribution in [3.8, 4) is 6.07 Å². The lowest BCUT2D eigenvalue weighted by molar-refractivity contribution is -0.147. The maximum atomic E-state index is 12.0. The highest BCUT2D eigenvalue weighted by Gasteiger charge is 2.22. The van der Waals surface area contributed by atoms with Crippen molar-refractivity contribution in [1.29, 1.82) is 10.7 Å². The first-order chi connectivity index (χ1) is 11.3. The summed E-state index contributed by atoms with van der Waals surface area (Å²) in [5.41, 5.74) is 1.90. The number of nitriles is 1. The number of hydrogen-bond acceptors (Lipinski definition) is 8. The van der Waals surface area contributed by atoms with Gasteiger partial charge in [-0.05, 0) is 20.8 Å². The van der Waals surface area contributed by atoms with Gasteiger partial charge in [0.1, 0.15) is 12.2 Å². The number of nitrogens with zero attached hydrogens (tertiary/aromatic N) is 5. The Morgan fingerprint density at radius 1 is 1.46 bits per heavy atom. The zero-order valence-electron chi connectivity index (χ0n) is 13.5. The second-order valence-corrected chi connectivity index (χ2v) is 5.28. The van der Waals surface area contributed by atoms with Crippen molar-refractivity contribution in [3.63, 3.8) is 0 Å². The van der Waals surface area contributed by atoms with Gasteiger partial charge in [-0.15, -0.1) is 0 Å². The van der Waals surface area contributed by atoms with Crippen LogP contribution in [0.5, 0.6) is 0 Å². The molecular formula is C15H16N6O3. The number of aryl methyl sites for hydroxylation is 2. The quantitative estimate of drug-likeness (QED) is 0.605. The predicted molar refractivity (Wildman–Crippen MR) is 82.4 cm³/mol. The zero-order chi connectivity index (χ0) is 17.9. The molecule has 0 saturated heterocycles. The average Bonchev–Trinajstić information content (AvgIpc) is 2.98. The minimum atomic E-state index is -1.19. The van der Waals surface area contributed by atoms with Crippen LogP contribution in [-0.2, 0) is 20.7 Å². The molecule has 9 nitrogen and oxygen atoms in total. The average molecular weight is 328 g/mol. The van der Waals surface area contributed by atoms with E-state index in [2.05, 4.69) is 15.1 Å². The van der Waals surface area contributed by atoms with Gasteiger partial charge in [-0.3, -0.25) is 9.59 Å². The van der Waals surface area contributed by atoms with Gasteiger partial charge >= 0.3 is 5.97 Å². The normalized spacial score (nSPS) is 11.8. The summed E-state index contributed by atoms with van der Waals surface area (Å²) in [4.78, 5) is 32.0. The van der Waals surface area contributed by atoms with Crippen LogP contribution >= 0.6 is 0 Å². The minimum Gasteiger partial charge on any atom is -0.457 e. The summed E-state index contributed by atoms with van der Waals surface area (Å²) >= 11 is 0. The molecule has 0 unspecified atom stereocenters. The highest BCUT2D eigenvalue weighted by molar-refractivity contribution is 6.06. The monoisotopic (exact) mass is 328 g/mol. The summed E-state index contributed by atoms with van der Waals surface area (Å²) in [7, 11) is 0. The maximum absolute atomic E-state index is 12.0. The summed E-state index contributed by atoms with van der Waals surface area (Å²) in [5.74, 6) is -1.98. The fraction of sp³-hybridized carbons (Fsp3) is 0.400. The van der Waals surface area contributed by atoms with E-state index < -0.39 is 24.3 Å². The SMILES string of the molecule is CC(=N)[C@@H](C#N)C(=O)COC(=O)Cc1c(C)nc2ncnn2c1C. The van der Waals surface area contributed by atoms with E-state index >= 15 is 0 Å². The van der Waals surface area contributed by atoms with Crippen LogP contribution in [0.15, 0.2) is 6.33 Å². The van der Waals surface area contributed by atoms with Crippen LogP contribution in [0.4, 0.5) is 0 Å². The first-order valence-corrected chi connectivity index (χ1v) is 7.14. The number of rotatable bonds is 6. The smallest absolute Gasteiger partial charge is 0.310 e. The Kier molecular flexibility index (Phi) is 4.99. The number of carbonyl (C=O) groups is 2. The van der Waals surface area contributed by atoms with Gasteiger partial charge in [0, 0.05) is 22.7 Å². The number of ether oxygens (including phenoxy) is 1. The van der Waals surface area contributed by atoms with Crippen molar-refractivity contribution in [3.05, 3.63) is 23.3 Å². The van der Waals surface area contributed by atoms with E-state index in [-0.39, 0.29) is 12.1 Å². The Morgan fingerprint density at radius 2 is 2.17 bits per heavy atom. The van der Waals surface area contributed by atoms with Gasteiger partial charge in [0.25, 0.3) is 5.78 Å². The highest BCUT2D eigenvalue weighted by atomic mass is 16.5. The molecule has 0 bridgehead atoms.